The summed E-state index contributed by atoms with van der Waals surface area (Å²) in [5.41, 5.74) is 25.6. The number of hydrogen-bond donors (Lipinski definition) is 15. The predicted molar refractivity (Wildman–Crippen MR) is 519 cm³/mol. The Morgan fingerprint density at radius 2 is 0.595 bits per heavy atom. The quantitative estimate of drug-likeness (QED) is 0.0264. The molecule has 7 amide bonds. The molecule has 0 spiro atoms. The van der Waals surface area contributed by atoms with E-state index in [2.05, 4.69) is 57.2 Å². The Morgan fingerprint density at radius 3 is 0.831 bits per heavy atom. The Morgan fingerprint density at radius 1 is 0.358 bits per heavy atom. The van der Waals surface area contributed by atoms with E-state index < -0.39 is 77.5 Å². The van der Waals surface area contributed by atoms with Crippen molar-refractivity contribution in [2.45, 2.75) is 147 Å². The molecule has 8 heterocycles. The number of benzene rings is 6. The number of nitrogens with zero attached hydrogens (tertiary/aromatic N) is 8. The standard InChI is InChI=1S/C22H21ClFN5O2S.C22H22FN5O2S.C20H25FN4O3S.C19H24FN5O2S.4C2HF3O2/c23-14-4-2-6-17(12-14)27-22(31)29-9-7-16(8-10-29)26-21-28-20(25)19(32-21)18(30)13-3-1-5-15(24)11-13;23-15-6-4-5-14(13-15)18(29)19-20(24)27-21(31-19)25-17-9-11-28(12-10-17)22(30)26-16-7-2-1-3-8-16;1-20(2,3)28-19(27)25-9-7-14(8-10-25)23-18-24-17(22)16(29-18)15(26)12-5-4-6-13(21)11-12;1-11(2)22-19(27)25-8-6-14(7-9-25)23-18-24-17(21)16(28-18)15(26)12-4-3-5-13(20)10-12;4*3-2(4,5)1(6)7/h1-6,11-12,16H,7-10,25H2,(H,26,28)(H,27,31);1-8,13,17H,9-12,24H2,(H,25,27)(H,26,30);4-6,11,14H,7-10,22H2,1-3H3,(H,23,24);3-5,10-11,14H,6-9,21H2,1-2H3,(H,22,27)(H,23,24);4*(H,6,7). The maximum absolute atomic E-state index is 13.4. The second kappa shape index (κ2) is 54.5. The average Bonchev–Trinajstić information content (AvgIpc) is 1.69. The Kier molecular flexibility index (Phi) is 44.2. The fraction of sp³-hybridized carbons (Fsp3) is 0.341. The van der Waals surface area contributed by atoms with Crippen molar-refractivity contribution < 1.29 is 153 Å². The van der Waals surface area contributed by atoms with Crippen molar-refractivity contribution in [3.63, 3.8) is 0 Å². The molecular weight excluding hydrogens is 2100 g/mol. The number of rotatable bonds is 19. The zero-order valence-electron chi connectivity index (χ0n) is 78.2. The summed E-state index contributed by atoms with van der Waals surface area (Å²) in [6.07, 6.45) is -14.7. The number of carboxylic acid groups (broad SMARTS) is 4. The summed E-state index contributed by atoms with van der Waals surface area (Å²) in [4.78, 5) is 160. The molecule has 0 radical (unpaired) electrons. The van der Waals surface area contributed by atoms with Gasteiger partial charge in [0.25, 0.3) is 0 Å². The van der Waals surface area contributed by atoms with E-state index >= 15 is 0 Å². The zero-order valence-corrected chi connectivity index (χ0v) is 82.2. The summed E-state index contributed by atoms with van der Waals surface area (Å²) in [5.74, 6) is -13.8. The number of anilines is 10. The minimum atomic E-state index is -5.08. The SMILES string of the molecule is CC(C)(C)OC(=O)N1CCC(Nc2nc(N)c(C(=O)c3cccc(F)c3)s2)CC1.CC(C)NC(=O)N1CCC(Nc2nc(N)c(C(=O)c3cccc(F)c3)s2)CC1.Nc1nc(NC2CCN(C(=O)Nc3cccc(Cl)c3)CC2)sc1C(=O)c1cccc(F)c1.Nc1nc(NC2CCN(C(=O)Nc3ccccc3)CC2)sc1C(=O)c1cccc(F)c1.O=C(O)C(F)(F)F.O=C(O)C(F)(F)F.O=C(O)C(F)(F)F.O=C(O)C(F)(F)F. The van der Waals surface area contributed by atoms with Crippen LogP contribution in [-0.2, 0) is 23.9 Å². The average molecular weight is 2200 g/mol. The van der Waals surface area contributed by atoms with Crippen LogP contribution in [0.25, 0.3) is 0 Å². The number of ether oxygens (including phenoxy) is 1. The number of carbonyl (C=O) groups excluding carboxylic acids is 8. The largest absolute Gasteiger partial charge is 0.490 e. The molecule has 148 heavy (non-hydrogen) atoms. The van der Waals surface area contributed by atoms with Crippen molar-refractivity contribution >= 4 is 183 Å². The Balaban J connectivity index is 0.000000245. The van der Waals surface area contributed by atoms with Crippen LogP contribution in [0.4, 0.5) is 145 Å². The van der Waals surface area contributed by atoms with Gasteiger partial charge in [0.05, 0.1) is 0 Å². The van der Waals surface area contributed by atoms with Crippen LogP contribution in [0.1, 0.15) is 147 Å². The van der Waals surface area contributed by atoms with Gasteiger partial charge in [-0.1, -0.05) is 130 Å². The number of nitrogen functional groups attached to an aromatic ring is 4. The van der Waals surface area contributed by atoms with Crippen LogP contribution in [0.5, 0.6) is 0 Å². The normalized spacial score (nSPS) is 14.0. The van der Waals surface area contributed by atoms with Gasteiger partial charge in [-0.25, -0.2) is 75.9 Å². The number of hydrogen-bond acceptors (Lipinski definition) is 29. The highest BCUT2D eigenvalue weighted by molar-refractivity contribution is 7.19. The number of aliphatic carboxylic acids is 4. The molecule has 36 nitrogen and oxygen atoms in total. The number of para-hydroxylation sites is 1. The molecule has 0 bridgehead atoms. The highest BCUT2D eigenvalue weighted by Crippen LogP contribution is 2.36. The molecule has 4 aromatic heterocycles. The highest BCUT2D eigenvalue weighted by atomic mass is 35.5. The second-order valence-corrected chi connectivity index (χ2v) is 37.4. The Bertz CT molecular complexity index is 6150. The van der Waals surface area contributed by atoms with Crippen LogP contribution in [0, 0.1) is 23.3 Å². The van der Waals surface area contributed by atoms with Gasteiger partial charge in [-0.05, 0) is 165 Å². The lowest BCUT2D eigenvalue weighted by Crippen LogP contribution is -2.48. The monoisotopic (exact) mass is 2190 g/mol. The number of likely N-dealkylation sites (tertiary alicyclic amines) is 4. The molecule has 0 atom stereocenters. The number of carbonyl (C=O) groups is 12. The Labute approximate surface area is 852 Å². The van der Waals surface area contributed by atoms with E-state index in [9.17, 15) is 109 Å². The van der Waals surface area contributed by atoms with Crippen LogP contribution >= 0.6 is 56.9 Å². The molecule has 14 rings (SSSR count). The number of nitrogens with one attached hydrogen (secondary N) is 7. The van der Waals surface area contributed by atoms with Gasteiger partial charge in [-0.2, -0.15) is 52.7 Å². The Hall–Kier alpha value is -15.0. The fourth-order valence-electron chi connectivity index (χ4n) is 13.0. The van der Waals surface area contributed by atoms with Crippen LogP contribution < -0.4 is 60.2 Å². The summed E-state index contributed by atoms with van der Waals surface area (Å²) < 4.78 is 186. The highest BCUT2D eigenvalue weighted by Gasteiger charge is 2.42. The second-order valence-electron chi connectivity index (χ2n) is 32.9. The molecule has 0 aliphatic carbocycles. The molecular formula is C91H96ClF16N19O17S4. The van der Waals surface area contributed by atoms with Gasteiger partial charge in [0, 0.05) is 121 Å². The third-order valence-corrected chi connectivity index (χ3v) is 24.3. The third-order valence-electron chi connectivity index (χ3n) is 20.1. The lowest BCUT2D eigenvalue weighted by atomic mass is 10.1. The summed E-state index contributed by atoms with van der Waals surface area (Å²) in [5, 5.41) is 53.1. The van der Waals surface area contributed by atoms with Crippen LogP contribution in [0.15, 0.2) is 152 Å². The smallest absolute Gasteiger partial charge is 0.475 e. The molecule has 0 unspecified atom stereocenters. The van der Waals surface area contributed by atoms with E-state index in [1.165, 1.54) is 84.1 Å². The van der Waals surface area contributed by atoms with E-state index in [4.69, 9.17) is 78.9 Å². The lowest BCUT2D eigenvalue weighted by molar-refractivity contribution is -0.193. The topological polar surface area (TPSA) is 548 Å². The van der Waals surface area contributed by atoms with Gasteiger partial charge in [0.2, 0.25) is 23.1 Å². The molecule has 4 aliphatic heterocycles. The van der Waals surface area contributed by atoms with Crippen molar-refractivity contribution in [1.29, 1.82) is 0 Å². The van der Waals surface area contributed by atoms with Crippen molar-refractivity contribution in [2.75, 3.05) is 107 Å². The number of ketones is 4. The fourth-order valence-corrected chi connectivity index (χ4v) is 16.9. The number of thiazole rings is 4. The van der Waals surface area contributed by atoms with Crippen LogP contribution in [0.3, 0.4) is 0 Å². The zero-order chi connectivity index (χ0) is 110. The lowest BCUT2D eigenvalue weighted by Gasteiger charge is -2.33. The summed E-state index contributed by atoms with van der Waals surface area (Å²) in [6, 6.07) is 38.6. The van der Waals surface area contributed by atoms with E-state index in [1.807, 2.05) is 65.0 Å². The number of urea groups is 3. The van der Waals surface area contributed by atoms with Gasteiger partial charge in [-0.15, -0.1) is 0 Å². The van der Waals surface area contributed by atoms with E-state index in [0.29, 0.717) is 88.5 Å². The molecule has 57 heteroatoms. The van der Waals surface area contributed by atoms with E-state index in [0.717, 1.165) is 91.1 Å². The van der Waals surface area contributed by atoms with Crippen molar-refractivity contribution in [2.24, 2.45) is 0 Å². The number of halogens is 17. The van der Waals surface area contributed by atoms with Crippen molar-refractivity contribution in [3.05, 3.63) is 222 Å². The van der Waals surface area contributed by atoms with Gasteiger partial charge in [0.15, 0.2) is 20.5 Å². The molecule has 4 saturated heterocycles. The summed E-state index contributed by atoms with van der Waals surface area (Å²) in [6.45, 7) is 14.2. The molecule has 4 fully saturated rings. The predicted octanol–water partition coefficient (Wildman–Crippen LogP) is 18.6. The third kappa shape index (κ3) is 39.8. The first-order valence-electron chi connectivity index (χ1n) is 43.6. The van der Waals surface area contributed by atoms with Gasteiger partial charge >= 0.3 is 72.8 Å². The molecule has 19 N–H and O–H groups in total. The van der Waals surface area contributed by atoms with Gasteiger partial charge < -0.3 is 105 Å². The number of piperidine rings is 4. The number of nitrogens with two attached hydrogens (primary N) is 4. The maximum atomic E-state index is 13.4. The number of aromatic nitrogens is 4. The van der Waals surface area contributed by atoms with Gasteiger partial charge in [-0.3, -0.25) is 19.2 Å². The molecule has 4 aliphatic rings. The molecule has 10 aromatic rings. The number of amides is 7. The summed E-state index contributed by atoms with van der Waals surface area (Å²) in [7, 11) is 0. The van der Waals surface area contributed by atoms with Crippen molar-refractivity contribution in [1.82, 2.24) is 44.9 Å². The summed E-state index contributed by atoms with van der Waals surface area (Å²) >= 11 is 10.6. The maximum Gasteiger partial charge on any atom is 0.490 e. The van der Waals surface area contributed by atoms with E-state index in [1.54, 1.807) is 68.1 Å². The van der Waals surface area contributed by atoms with E-state index in [-0.39, 0.29) is 138 Å². The number of alkyl halides is 12. The minimum Gasteiger partial charge on any atom is -0.475 e. The first-order valence-corrected chi connectivity index (χ1v) is 47.2. The van der Waals surface area contributed by atoms with Crippen LogP contribution in [-0.4, -0.2) is 244 Å². The molecule has 800 valence electrons. The molecule has 0 saturated carbocycles. The number of carboxylic acids is 4. The van der Waals surface area contributed by atoms with Crippen LogP contribution in [0.2, 0.25) is 5.02 Å². The van der Waals surface area contributed by atoms with Gasteiger partial charge in [0.1, 0.15) is 71.6 Å². The minimum absolute atomic E-state index is 0.0464. The molecule has 6 aromatic carbocycles. The van der Waals surface area contributed by atoms with Crippen molar-refractivity contribution in [3.8, 4) is 0 Å². The first kappa shape index (κ1) is 120. The first-order chi connectivity index (χ1) is 69.1.